The zero-order valence-corrected chi connectivity index (χ0v) is 12.4. The summed E-state index contributed by atoms with van der Waals surface area (Å²) in [7, 11) is 2.19. The minimum atomic E-state index is 0.232. The van der Waals surface area contributed by atoms with Crippen LogP contribution in [-0.4, -0.2) is 37.2 Å². The van der Waals surface area contributed by atoms with Crippen LogP contribution >= 0.6 is 0 Å². The Morgan fingerprint density at radius 1 is 1.42 bits per heavy atom. The predicted octanol–water partition coefficient (Wildman–Crippen LogP) is 2.66. The molecule has 1 atom stereocenters. The van der Waals surface area contributed by atoms with Gasteiger partial charge >= 0.3 is 0 Å². The largest absolute Gasteiger partial charge is 0.491 e. The Balaban J connectivity index is 1.86. The van der Waals surface area contributed by atoms with E-state index in [1.165, 1.54) is 24.9 Å². The minimum Gasteiger partial charge on any atom is -0.491 e. The van der Waals surface area contributed by atoms with Crippen molar-refractivity contribution in [2.75, 3.05) is 20.1 Å². The van der Waals surface area contributed by atoms with E-state index in [4.69, 9.17) is 4.74 Å². The zero-order chi connectivity index (χ0) is 13.7. The summed E-state index contributed by atoms with van der Waals surface area (Å²) in [4.78, 5) is 2.39. The van der Waals surface area contributed by atoms with Crippen LogP contribution in [0.2, 0.25) is 0 Å². The summed E-state index contributed by atoms with van der Waals surface area (Å²) < 4.78 is 5.74. The lowest BCUT2D eigenvalue weighted by molar-refractivity contribution is 0.241. The lowest BCUT2D eigenvalue weighted by Gasteiger charge is -2.21. The maximum absolute atomic E-state index is 5.74. The van der Waals surface area contributed by atoms with E-state index in [0.29, 0.717) is 6.04 Å². The summed E-state index contributed by atoms with van der Waals surface area (Å²) in [5, 5.41) is 3.54. The molecule has 0 aromatic heterocycles. The van der Waals surface area contributed by atoms with Crippen LogP contribution in [0.4, 0.5) is 0 Å². The second-order valence-electron chi connectivity index (χ2n) is 5.80. The van der Waals surface area contributed by atoms with Crippen LogP contribution < -0.4 is 10.1 Å². The van der Waals surface area contributed by atoms with Crippen molar-refractivity contribution in [2.45, 2.75) is 45.4 Å². The number of benzene rings is 1. The van der Waals surface area contributed by atoms with Crippen LogP contribution in [0.5, 0.6) is 5.75 Å². The highest BCUT2D eigenvalue weighted by atomic mass is 16.5. The fraction of sp³-hybridized carbons (Fsp3) is 0.625. The normalized spacial score (nSPS) is 19.3. The zero-order valence-electron chi connectivity index (χ0n) is 12.4. The van der Waals surface area contributed by atoms with Gasteiger partial charge in [0.25, 0.3) is 0 Å². The fourth-order valence-electron chi connectivity index (χ4n) is 2.65. The van der Waals surface area contributed by atoms with Crippen LogP contribution in [0.3, 0.4) is 0 Å². The number of hydrogen-bond donors (Lipinski definition) is 1. The standard InChI is InChI=1S/C16H26N2O/c1-13(2)19-16-8-4-6-14(10-16)11-18(3)12-15-7-5-9-17-15/h4,6,8,10,13,15,17H,5,7,9,11-12H2,1-3H3. The molecule has 1 heterocycles. The minimum absolute atomic E-state index is 0.232. The van der Waals surface area contributed by atoms with Crippen molar-refractivity contribution in [2.24, 2.45) is 0 Å². The second-order valence-corrected chi connectivity index (χ2v) is 5.80. The smallest absolute Gasteiger partial charge is 0.120 e. The van der Waals surface area contributed by atoms with E-state index >= 15 is 0 Å². The summed E-state index contributed by atoms with van der Waals surface area (Å²) in [6, 6.07) is 9.10. The van der Waals surface area contributed by atoms with Crippen LogP contribution in [-0.2, 0) is 6.54 Å². The highest BCUT2D eigenvalue weighted by Crippen LogP contribution is 2.16. The van der Waals surface area contributed by atoms with Gasteiger partial charge in [0.2, 0.25) is 0 Å². The van der Waals surface area contributed by atoms with Crippen molar-refractivity contribution in [1.82, 2.24) is 10.2 Å². The van der Waals surface area contributed by atoms with Gasteiger partial charge in [-0.3, -0.25) is 0 Å². The molecule has 1 fully saturated rings. The molecule has 2 rings (SSSR count). The molecule has 0 radical (unpaired) electrons. The Hall–Kier alpha value is -1.06. The molecule has 1 unspecified atom stereocenters. The van der Waals surface area contributed by atoms with E-state index in [1.54, 1.807) is 0 Å². The molecule has 1 aromatic rings. The molecule has 0 bridgehead atoms. The highest BCUT2D eigenvalue weighted by molar-refractivity contribution is 5.28. The molecule has 1 aliphatic rings. The van der Waals surface area contributed by atoms with Gasteiger partial charge in [-0.25, -0.2) is 0 Å². The van der Waals surface area contributed by atoms with Crippen LogP contribution in [0.15, 0.2) is 24.3 Å². The molecule has 1 aliphatic heterocycles. The average molecular weight is 262 g/mol. The fourth-order valence-corrected chi connectivity index (χ4v) is 2.65. The van der Waals surface area contributed by atoms with E-state index < -0.39 is 0 Å². The maximum atomic E-state index is 5.74. The number of ether oxygens (including phenoxy) is 1. The molecule has 1 aromatic carbocycles. The van der Waals surface area contributed by atoms with Crippen molar-refractivity contribution < 1.29 is 4.74 Å². The Kier molecular flexibility index (Phi) is 5.23. The average Bonchev–Trinajstić information content (AvgIpc) is 2.81. The second kappa shape index (κ2) is 6.92. The molecule has 19 heavy (non-hydrogen) atoms. The van der Waals surface area contributed by atoms with Crippen molar-refractivity contribution >= 4 is 0 Å². The predicted molar refractivity (Wildman–Crippen MR) is 79.6 cm³/mol. The summed E-state index contributed by atoms with van der Waals surface area (Å²) in [6.07, 6.45) is 2.85. The lowest BCUT2D eigenvalue weighted by Crippen LogP contribution is -2.34. The quantitative estimate of drug-likeness (QED) is 0.853. The van der Waals surface area contributed by atoms with Crippen molar-refractivity contribution in [3.8, 4) is 5.75 Å². The molecule has 3 nitrogen and oxygen atoms in total. The first-order valence-corrected chi connectivity index (χ1v) is 7.31. The van der Waals surface area contributed by atoms with Gasteiger partial charge in [-0.2, -0.15) is 0 Å². The third kappa shape index (κ3) is 4.84. The molecular formula is C16H26N2O. The Morgan fingerprint density at radius 3 is 2.95 bits per heavy atom. The Labute approximate surface area is 116 Å². The van der Waals surface area contributed by atoms with Gasteiger partial charge in [0, 0.05) is 19.1 Å². The topological polar surface area (TPSA) is 24.5 Å². The third-order valence-corrected chi connectivity index (χ3v) is 3.42. The molecule has 1 N–H and O–H groups in total. The molecule has 0 saturated carbocycles. The van der Waals surface area contributed by atoms with E-state index in [2.05, 4.69) is 49.3 Å². The monoisotopic (exact) mass is 262 g/mol. The maximum Gasteiger partial charge on any atom is 0.120 e. The summed E-state index contributed by atoms with van der Waals surface area (Å²) >= 11 is 0. The Morgan fingerprint density at radius 2 is 2.26 bits per heavy atom. The van der Waals surface area contributed by atoms with Crippen molar-refractivity contribution in [1.29, 1.82) is 0 Å². The van der Waals surface area contributed by atoms with Gasteiger partial charge in [-0.15, -0.1) is 0 Å². The summed E-state index contributed by atoms with van der Waals surface area (Å²) in [5.41, 5.74) is 1.32. The molecule has 3 heteroatoms. The number of nitrogens with zero attached hydrogens (tertiary/aromatic N) is 1. The third-order valence-electron chi connectivity index (χ3n) is 3.42. The number of nitrogens with one attached hydrogen (secondary N) is 1. The van der Waals surface area contributed by atoms with Gasteiger partial charge in [0.15, 0.2) is 0 Å². The van der Waals surface area contributed by atoms with Crippen molar-refractivity contribution in [3.63, 3.8) is 0 Å². The number of hydrogen-bond acceptors (Lipinski definition) is 3. The SMILES string of the molecule is CC(C)Oc1cccc(CN(C)CC2CCCN2)c1. The van der Waals surface area contributed by atoms with E-state index in [9.17, 15) is 0 Å². The molecule has 1 saturated heterocycles. The van der Waals surface area contributed by atoms with Crippen molar-refractivity contribution in [3.05, 3.63) is 29.8 Å². The first-order chi connectivity index (χ1) is 9.13. The van der Waals surface area contributed by atoms with Gasteiger partial charge in [-0.05, 0) is 58.0 Å². The first-order valence-electron chi connectivity index (χ1n) is 7.31. The molecule has 0 amide bonds. The molecular weight excluding hydrogens is 236 g/mol. The molecule has 106 valence electrons. The Bertz CT molecular complexity index is 386. The molecule has 0 spiro atoms. The number of rotatable bonds is 6. The van der Waals surface area contributed by atoms with Gasteiger partial charge in [0.05, 0.1) is 6.10 Å². The first kappa shape index (κ1) is 14.4. The van der Waals surface area contributed by atoms with Gasteiger partial charge in [0.1, 0.15) is 5.75 Å². The van der Waals surface area contributed by atoms with Crippen LogP contribution in [0.25, 0.3) is 0 Å². The summed E-state index contributed by atoms with van der Waals surface area (Å²) in [5.74, 6) is 0.972. The van der Waals surface area contributed by atoms with Gasteiger partial charge in [-0.1, -0.05) is 12.1 Å². The van der Waals surface area contributed by atoms with E-state index in [-0.39, 0.29) is 6.10 Å². The van der Waals surface area contributed by atoms with E-state index in [0.717, 1.165) is 18.8 Å². The highest BCUT2D eigenvalue weighted by Gasteiger charge is 2.15. The van der Waals surface area contributed by atoms with Gasteiger partial charge < -0.3 is 15.0 Å². The van der Waals surface area contributed by atoms with Crippen LogP contribution in [0.1, 0.15) is 32.3 Å². The van der Waals surface area contributed by atoms with E-state index in [1.807, 2.05) is 6.07 Å². The lowest BCUT2D eigenvalue weighted by atomic mass is 10.1. The molecule has 0 aliphatic carbocycles. The van der Waals surface area contributed by atoms with Crippen LogP contribution in [0, 0.1) is 0 Å². The summed E-state index contributed by atoms with van der Waals surface area (Å²) in [6.45, 7) is 7.40. The number of likely N-dealkylation sites (N-methyl/N-ethyl adjacent to an activating group) is 1.